The Morgan fingerprint density at radius 1 is 1.54 bits per heavy atom. The predicted octanol–water partition coefficient (Wildman–Crippen LogP) is 1.06. The summed E-state index contributed by atoms with van der Waals surface area (Å²) in [5.74, 6) is -1.25. The van der Waals surface area contributed by atoms with Crippen LogP contribution >= 0.6 is 0 Å². The highest BCUT2D eigenvalue weighted by Gasteiger charge is 2.10. The summed E-state index contributed by atoms with van der Waals surface area (Å²) in [6.45, 7) is 0.194. The van der Waals surface area contributed by atoms with Gasteiger partial charge in [-0.15, -0.1) is 0 Å². The van der Waals surface area contributed by atoms with Crippen LogP contribution in [-0.4, -0.2) is 17.4 Å². The Labute approximate surface area is 75.0 Å². The molecular formula is C9H10FNO2. The molecule has 3 N–H and O–H groups in total. The van der Waals surface area contributed by atoms with E-state index in [0.717, 1.165) is 6.07 Å². The molecule has 0 aliphatic rings. The number of phenols is 1. The second-order valence-corrected chi connectivity index (χ2v) is 2.63. The number of benzene rings is 1. The number of phenolic OH excluding ortho intramolecular Hbond substituents is 1. The smallest absolute Gasteiger partial charge is 0.167 e. The van der Waals surface area contributed by atoms with Crippen LogP contribution in [0, 0.1) is 5.82 Å². The van der Waals surface area contributed by atoms with Gasteiger partial charge in [0.1, 0.15) is 11.6 Å². The van der Waals surface area contributed by atoms with E-state index in [0.29, 0.717) is 0 Å². The van der Waals surface area contributed by atoms with Crippen molar-refractivity contribution in [2.75, 3.05) is 6.54 Å². The second kappa shape index (κ2) is 4.00. The Balaban J connectivity index is 2.95. The van der Waals surface area contributed by atoms with Crippen LogP contribution in [-0.2, 0) is 0 Å². The van der Waals surface area contributed by atoms with E-state index in [4.69, 9.17) is 10.8 Å². The van der Waals surface area contributed by atoms with Crippen molar-refractivity contribution in [3.63, 3.8) is 0 Å². The third-order valence-corrected chi connectivity index (χ3v) is 1.62. The van der Waals surface area contributed by atoms with Gasteiger partial charge in [0.2, 0.25) is 0 Å². The van der Waals surface area contributed by atoms with E-state index >= 15 is 0 Å². The van der Waals surface area contributed by atoms with E-state index in [-0.39, 0.29) is 30.1 Å². The summed E-state index contributed by atoms with van der Waals surface area (Å²) in [6, 6.07) is 3.43. The Bertz CT molecular complexity index is 325. The molecule has 1 rings (SSSR count). The molecule has 70 valence electrons. The topological polar surface area (TPSA) is 63.3 Å². The first-order valence-corrected chi connectivity index (χ1v) is 3.87. The fourth-order valence-electron chi connectivity index (χ4n) is 0.996. The predicted molar refractivity (Wildman–Crippen MR) is 46.1 cm³/mol. The first kappa shape index (κ1) is 9.67. The number of ketones is 1. The van der Waals surface area contributed by atoms with Gasteiger partial charge in [0.15, 0.2) is 5.78 Å². The Morgan fingerprint density at radius 3 is 2.77 bits per heavy atom. The van der Waals surface area contributed by atoms with Gasteiger partial charge < -0.3 is 10.8 Å². The van der Waals surface area contributed by atoms with Crippen LogP contribution in [0.2, 0.25) is 0 Å². The van der Waals surface area contributed by atoms with Crippen LogP contribution < -0.4 is 5.73 Å². The molecule has 0 unspecified atom stereocenters. The molecule has 0 atom stereocenters. The number of carbonyl (C=O) groups is 1. The minimum Gasteiger partial charge on any atom is -0.508 e. The number of nitrogens with two attached hydrogens (primary N) is 1. The second-order valence-electron chi connectivity index (χ2n) is 2.63. The fourth-order valence-corrected chi connectivity index (χ4v) is 0.996. The molecule has 0 saturated heterocycles. The first-order chi connectivity index (χ1) is 6.15. The monoisotopic (exact) mass is 183 g/mol. The average molecular weight is 183 g/mol. The Hall–Kier alpha value is -1.42. The summed E-state index contributed by atoms with van der Waals surface area (Å²) in [7, 11) is 0. The Morgan fingerprint density at radius 2 is 2.23 bits per heavy atom. The van der Waals surface area contributed by atoms with Crippen molar-refractivity contribution in [2.24, 2.45) is 5.73 Å². The van der Waals surface area contributed by atoms with Gasteiger partial charge in [0.25, 0.3) is 0 Å². The lowest BCUT2D eigenvalue weighted by molar-refractivity contribution is 0.0981. The number of Topliss-reactive ketones (excluding diaryl/α,β-unsaturated/α-hetero) is 1. The SMILES string of the molecule is NCCC(=O)c1ccc(O)cc1F. The lowest BCUT2D eigenvalue weighted by atomic mass is 10.1. The number of hydrogen-bond acceptors (Lipinski definition) is 3. The number of halogens is 1. The van der Waals surface area contributed by atoms with Gasteiger partial charge in [-0.05, 0) is 18.7 Å². The molecule has 0 bridgehead atoms. The maximum Gasteiger partial charge on any atom is 0.167 e. The maximum atomic E-state index is 13.0. The molecule has 0 spiro atoms. The molecule has 0 amide bonds. The maximum absolute atomic E-state index is 13.0. The van der Waals surface area contributed by atoms with E-state index in [1.54, 1.807) is 0 Å². The van der Waals surface area contributed by atoms with Gasteiger partial charge in [-0.1, -0.05) is 0 Å². The summed E-state index contributed by atoms with van der Waals surface area (Å²) in [6.07, 6.45) is 0.113. The van der Waals surface area contributed by atoms with Gasteiger partial charge >= 0.3 is 0 Å². The van der Waals surface area contributed by atoms with E-state index in [1.165, 1.54) is 12.1 Å². The Kier molecular flexibility index (Phi) is 2.97. The van der Waals surface area contributed by atoms with Crippen LogP contribution in [0.15, 0.2) is 18.2 Å². The average Bonchev–Trinajstić information content (AvgIpc) is 2.04. The molecule has 0 aliphatic carbocycles. The van der Waals surface area contributed by atoms with Crippen molar-refractivity contribution in [3.8, 4) is 5.75 Å². The molecule has 0 fully saturated rings. The summed E-state index contributed by atoms with van der Waals surface area (Å²) in [5.41, 5.74) is 5.13. The van der Waals surface area contributed by atoms with Gasteiger partial charge in [-0.3, -0.25) is 4.79 Å². The molecule has 0 heterocycles. The minimum atomic E-state index is -0.710. The van der Waals surface area contributed by atoms with Crippen LogP contribution in [0.4, 0.5) is 4.39 Å². The van der Waals surface area contributed by atoms with E-state index < -0.39 is 5.82 Å². The van der Waals surface area contributed by atoms with Crippen LogP contribution in [0.1, 0.15) is 16.8 Å². The van der Waals surface area contributed by atoms with Crippen molar-refractivity contribution in [2.45, 2.75) is 6.42 Å². The summed E-state index contributed by atoms with van der Waals surface area (Å²) in [4.78, 5) is 11.2. The van der Waals surface area contributed by atoms with Crippen LogP contribution in [0.3, 0.4) is 0 Å². The zero-order valence-corrected chi connectivity index (χ0v) is 6.96. The zero-order chi connectivity index (χ0) is 9.84. The number of rotatable bonds is 3. The molecule has 13 heavy (non-hydrogen) atoms. The number of aromatic hydroxyl groups is 1. The molecule has 0 aromatic heterocycles. The van der Waals surface area contributed by atoms with E-state index in [9.17, 15) is 9.18 Å². The van der Waals surface area contributed by atoms with Crippen molar-refractivity contribution in [3.05, 3.63) is 29.6 Å². The van der Waals surface area contributed by atoms with Crippen LogP contribution in [0.5, 0.6) is 5.75 Å². The number of hydrogen-bond donors (Lipinski definition) is 2. The van der Waals surface area contributed by atoms with Gasteiger partial charge in [0, 0.05) is 12.5 Å². The van der Waals surface area contributed by atoms with E-state index in [2.05, 4.69) is 0 Å². The standard InChI is InChI=1S/C9H10FNO2/c10-8-5-6(12)1-2-7(8)9(13)3-4-11/h1-2,5,12H,3-4,11H2. The molecule has 3 nitrogen and oxygen atoms in total. The molecule has 0 aliphatic heterocycles. The van der Waals surface area contributed by atoms with E-state index in [1.807, 2.05) is 0 Å². The lowest BCUT2D eigenvalue weighted by Crippen LogP contribution is -2.09. The normalized spacial score (nSPS) is 10.0. The lowest BCUT2D eigenvalue weighted by Gasteiger charge is -2.00. The molecule has 4 heteroatoms. The number of carbonyl (C=O) groups excluding carboxylic acids is 1. The van der Waals surface area contributed by atoms with Crippen molar-refractivity contribution in [1.82, 2.24) is 0 Å². The highest BCUT2D eigenvalue weighted by Crippen LogP contribution is 2.15. The van der Waals surface area contributed by atoms with Gasteiger partial charge in [0.05, 0.1) is 5.56 Å². The van der Waals surface area contributed by atoms with Crippen molar-refractivity contribution < 1.29 is 14.3 Å². The van der Waals surface area contributed by atoms with Crippen molar-refractivity contribution in [1.29, 1.82) is 0 Å². The fraction of sp³-hybridized carbons (Fsp3) is 0.222. The summed E-state index contributed by atoms with van der Waals surface area (Å²) in [5, 5.41) is 8.87. The van der Waals surface area contributed by atoms with Crippen LogP contribution in [0.25, 0.3) is 0 Å². The molecule has 0 saturated carbocycles. The molecule has 1 aromatic carbocycles. The van der Waals surface area contributed by atoms with Gasteiger partial charge in [-0.2, -0.15) is 0 Å². The first-order valence-electron chi connectivity index (χ1n) is 3.87. The quantitative estimate of drug-likeness (QED) is 0.689. The highest BCUT2D eigenvalue weighted by molar-refractivity contribution is 5.96. The zero-order valence-electron chi connectivity index (χ0n) is 6.96. The molecular weight excluding hydrogens is 173 g/mol. The third-order valence-electron chi connectivity index (χ3n) is 1.62. The summed E-state index contributed by atoms with van der Waals surface area (Å²) < 4.78 is 13.0. The minimum absolute atomic E-state index is 0.0248. The molecule has 1 aromatic rings. The summed E-state index contributed by atoms with van der Waals surface area (Å²) >= 11 is 0. The third kappa shape index (κ3) is 2.26. The highest BCUT2D eigenvalue weighted by atomic mass is 19.1. The molecule has 0 radical (unpaired) electrons. The van der Waals surface area contributed by atoms with Gasteiger partial charge in [-0.25, -0.2) is 4.39 Å². The van der Waals surface area contributed by atoms with Crippen molar-refractivity contribution >= 4 is 5.78 Å². The largest absolute Gasteiger partial charge is 0.508 e.